The Balaban J connectivity index is 1.53. The molecule has 0 aromatic heterocycles. The van der Waals surface area contributed by atoms with Gasteiger partial charge in [0.25, 0.3) is 0 Å². The van der Waals surface area contributed by atoms with Gasteiger partial charge in [0.15, 0.2) is 0 Å². The second-order valence-corrected chi connectivity index (χ2v) is 6.56. The summed E-state index contributed by atoms with van der Waals surface area (Å²) in [6.45, 7) is 5.06. The number of benzene rings is 1. The van der Waals surface area contributed by atoms with Crippen molar-refractivity contribution in [3.63, 3.8) is 0 Å². The maximum atomic E-state index is 12.6. The van der Waals surface area contributed by atoms with Crippen molar-refractivity contribution in [2.24, 2.45) is 5.41 Å². The van der Waals surface area contributed by atoms with Gasteiger partial charge in [0.1, 0.15) is 0 Å². The molecule has 2 heterocycles. The van der Waals surface area contributed by atoms with Gasteiger partial charge in [-0.05, 0) is 24.8 Å². The summed E-state index contributed by atoms with van der Waals surface area (Å²) in [6, 6.07) is 10.1. The van der Waals surface area contributed by atoms with Gasteiger partial charge in [0.05, 0.1) is 5.41 Å². The Morgan fingerprint density at radius 1 is 1.18 bits per heavy atom. The molecule has 4 heteroatoms. The fourth-order valence-corrected chi connectivity index (χ4v) is 3.61. The van der Waals surface area contributed by atoms with Crippen molar-refractivity contribution < 1.29 is 9.59 Å². The SMILES string of the molecule is CCCC(=O)N1CCC2(CC1)CN(Cc1ccccc1)C2=O. The van der Waals surface area contributed by atoms with Crippen molar-refractivity contribution in [3.8, 4) is 0 Å². The number of carbonyl (C=O) groups excluding carboxylic acids is 2. The first kappa shape index (κ1) is 15.1. The Hall–Kier alpha value is -1.84. The normalized spacial score (nSPS) is 20.1. The van der Waals surface area contributed by atoms with Crippen LogP contribution in [0.25, 0.3) is 0 Å². The van der Waals surface area contributed by atoms with Gasteiger partial charge < -0.3 is 9.80 Å². The predicted molar refractivity (Wildman–Crippen MR) is 85.0 cm³/mol. The first-order valence-corrected chi connectivity index (χ1v) is 8.26. The third kappa shape index (κ3) is 2.74. The molecular weight excluding hydrogens is 276 g/mol. The molecule has 2 fully saturated rings. The Kier molecular flexibility index (Phi) is 4.19. The molecule has 1 spiro atoms. The van der Waals surface area contributed by atoms with Crippen molar-refractivity contribution >= 4 is 11.8 Å². The van der Waals surface area contributed by atoms with Gasteiger partial charge in [0, 0.05) is 32.6 Å². The highest BCUT2D eigenvalue weighted by Gasteiger charge is 2.53. The van der Waals surface area contributed by atoms with E-state index in [2.05, 4.69) is 12.1 Å². The van der Waals surface area contributed by atoms with Gasteiger partial charge in [-0.25, -0.2) is 0 Å². The van der Waals surface area contributed by atoms with Gasteiger partial charge in [-0.2, -0.15) is 0 Å². The summed E-state index contributed by atoms with van der Waals surface area (Å²) >= 11 is 0. The third-order valence-corrected chi connectivity index (χ3v) is 4.99. The zero-order valence-electron chi connectivity index (χ0n) is 13.3. The van der Waals surface area contributed by atoms with E-state index in [0.717, 1.165) is 38.9 Å². The predicted octanol–water partition coefficient (Wildman–Crippen LogP) is 2.44. The molecule has 0 aliphatic carbocycles. The van der Waals surface area contributed by atoms with Gasteiger partial charge in [-0.15, -0.1) is 0 Å². The molecule has 3 rings (SSSR count). The molecule has 2 saturated heterocycles. The molecular formula is C18H24N2O2. The molecule has 118 valence electrons. The lowest BCUT2D eigenvalue weighted by atomic mass is 9.71. The van der Waals surface area contributed by atoms with Crippen molar-refractivity contribution in [1.82, 2.24) is 9.80 Å². The van der Waals surface area contributed by atoms with Crippen LogP contribution in [-0.2, 0) is 16.1 Å². The molecule has 2 aliphatic heterocycles. The Bertz CT molecular complexity index is 547. The molecule has 0 N–H and O–H groups in total. The summed E-state index contributed by atoms with van der Waals surface area (Å²) in [4.78, 5) is 28.4. The maximum absolute atomic E-state index is 12.6. The topological polar surface area (TPSA) is 40.6 Å². The Morgan fingerprint density at radius 2 is 1.86 bits per heavy atom. The summed E-state index contributed by atoms with van der Waals surface area (Å²) < 4.78 is 0. The van der Waals surface area contributed by atoms with Crippen LogP contribution in [-0.4, -0.2) is 41.2 Å². The molecule has 0 bridgehead atoms. The summed E-state index contributed by atoms with van der Waals surface area (Å²) in [6.07, 6.45) is 3.17. The second kappa shape index (κ2) is 6.11. The van der Waals surface area contributed by atoms with E-state index in [9.17, 15) is 9.59 Å². The minimum atomic E-state index is -0.183. The van der Waals surface area contributed by atoms with E-state index in [-0.39, 0.29) is 17.2 Å². The molecule has 2 amide bonds. The van der Waals surface area contributed by atoms with Gasteiger partial charge in [-0.1, -0.05) is 37.3 Å². The maximum Gasteiger partial charge on any atom is 0.231 e. The van der Waals surface area contributed by atoms with E-state index in [0.29, 0.717) is 13.0 Å². The fraction of sp³-hybridized carbons (Fsp3) is 0.556. The number of hydrogen-bond acceptors (Lipinski definition) is 2. The molecule has 0 radical (unpaired) electrons. The molecule has 2 aliphatic rings. The first-order chi connectivity index (χ1) is 10.6. The lowest BCUT2D eigenvalue weighted by Gasteiger charge is -2.52. The van der Waals surface area contributed by atoms with Crippen LogP contribution in [0.15, 0.2) is 30.3 Å². The second-order valence-electron chi connectivity index (χ2n) is 6.56. The number of β-lactam (4-membered cyclic amide) rings is 1. The van der Waals surface area contributed by atoms with E-state index in [4.69, 9.17) is 0 Å². The number of nitrogens with zero attached hydrogens (tertiary/aromatic N) is 2. The van der Waals surface area contributed by atoms with Crippen molar-refractivity contribution in [3.05, 3.63) is 35.9 Å². The highest BCUT2D eigenvalue weighted by atomic mass is 16.2. The standard InChI is InChI=1S/C18H24N2O2/c1-2-6-16(21)19-11-9-18(10-12-19)14-20(17(18)22)13-15-7-4-3-5-8-15/h3-5,7-8H,2,6,9-14H2,1H3. The average molecular weight is 300 g/mol. The van der Waals surface area contributed by atoms with Crippen LogP contribution in [0.2, 0.25) is 0 Å². The largest absolute Gasteiger partial charge is 0.343 e. The van der Waals surface area contributed by atoms with Crippen LogP contribution in [0.5, 0.6) is 0 Å². The molecule has 0 saturated carbocycles. The average Bonchev–Trinajstić information content (AvgIpc) is 2.56. The molecule has 1 aromatic carbocycles. The molecule has 22 heavy (non-hydrogen) atoms. The minimum Gasteiger partial charge on any atom is -0.343 e. The summed E-state index contributed by atoms with van der Waals surface area (Å²) in [5.74, 6) is 0.518. The van der Waals surface area contributed by atoms with Crippen LogP contribution in [0.3, 0.4) is 0 Å². The monoisotopic (exact) mass is 300 g/mol. The van der Waals surface area contributed by atoms with Crippen LogP contribution in [0, 0.1) is 5.41 Å². The molecule has 4 nitrogen and oxygen atoms in total. The number of amides is 2. The van der Waals surface area contributed by atoms with E-state index >= 15 is 0 Å². The smallest absolute Gasteiger partial charge is 0.231 e. The third-order valence-electron chi connectivity index (χ3n) is 4.99. The zero-order valence-corrected chi connectivity index (χ0v) is 13.3. The van der Waals surface area contributed by atoms with Gasteiger partial charge in [0.2, 0.25) is 11.8 Å². The summed E-state index contributed by atoms with van der Waals surface area (Å²) in [5, 5.41) is 0. The van der Waals surface area contributed by atoms with Crippen molar-refractivity contribution in [2.45, 2.75) is 39.2 Å². The van der Waals surface area contributed by atoms with Crippen LogP contribution in [0.4, 0.5) is 0 Å². The molecule has 1 aromatic rings. The lowest BCUT2D eigenvalue weighted by Crippen LogP contribution is -2.64. The van der Waals surface area contributed by atoms with Crippen LogP contribution in [0.1, 0.15) is 38.2 Å². The van der Waals surface area contributed by atoms with Gasteiger partial charge in [-0.3, -0.25) is 9.59 Å². The first-order valence-electron chi connectivity index (χ1n) is 8.26. The number of piperidine rings is 1. The van der Waals surface area contributed by atoms with E-state index in [1.54, 1.807) is 0 Å². The van der Waals surface area contributed by atoms with Crippen LogP contribution >= 0.6 is 0 Å². The highest BCUT2D eigenvalue weighted by molar-refractivity contribution is 5.89. The highest BCUT2D eigenvalue weighted by Crippen LogP contribution is 2.42. The Morgan fingerprint density at radius 3 is 2.45 bits per heavy atom. The number of rotatable bonds is 4. The van der Waals surface area contributed by atoms with Crippen LogP contribution < -0.4 is 0 Å². The number of hydrogen-bond donors (Lipinski definition) is 0. The van der Waals surface area contributed by atoms with Crippen molar-refractivity contribution in [1.29, 1.82) is 0 Å². The zero-order chi connectivity index (χ0) is 15.6. The summed E-state index contributed by atoms with van der Waals surface area (Å²) in [7, 11) is 0. The van der Waals surface area contributed by atoms with Crippen molar-refractivity contribution in [2.75, 3.05) is 19.6 Å². The lowest BCUT2D eigenvalue weighted by molar-refractivity contribution is -0.168. The van der Waals surface area contributed by atoms with E-state index in [1.807, 2.05) is 34.9 Å². The van der Waals surface area contributed by atoms with E-state index < -0.39 is 0 Å². The van der Waals surface area contributed by atoms with Gasteiger partial charge >= 0.3 is 0 Å². The number of carbonyl (C=O) groups is 2. The quantitative estimate of drug-likeness (QED) is 0.801. The summed E-state index contributed by atoms with van der Waals surface area (Å²) in [5.41, 5.74) is 0.999. The number of likely N-dealkylation sites (tertiary alicyclic amines) is 2. The molecule has 0 unspecified atom stereocenters. The fourth-order valence-electron chi connectivity index (χ4n) is 3.61. The Labute approximate surface area is 132 Å². The van der Waals surface area contributed by atoms with E-state index in [1.165, 1.54) is 5.56 Å². The minimum absolute atomic E-state index is 0.183. The molecule has 0 atom stereocenters.